The minimum absolute atomic E-state index is 0. The number of hydrogen-bond donors (Lipinski definition) is 2. The highest BCUT2D eigenvalue weighted by Crippen LogP contribution is 2.30. The van der Waals surface area contributed by atoms with Crippen LogP contribution in [0.3, 0.4) is 0 Å². The van der Waals surface area contributed by atoms with Crippen LogP contribution < -0.4 is 10.5 Å². The third-order valence-corrected chi connectivity index (χ3v) is 5.36. The van der Waals surface area contributed by atoms with Gasteiger partial charge in [0, 0.05) is 19.6 Å². The zero-order chi connectivity index (χ0) is 20.1. The van der Waals surface area contributed by atoms with Crippen LogP contribution >= 0.6 is 12.4 Å². The normalized spacial score (nSPS) is 13.2. The molecule has 0 spiro atoms. The summed E-state index contributed by atoms with van der Waals surface area (Å²) in [6.07, 6.45) is -4.10. The lowest BCUT2D eigenvalue weighted by molar-refractivity contribution is -0.137. The van der Waals surface area contributed by atoms with E-state index in [1.807, 2.05) is 18.6 Å². The van der Waals surface area contributed by atoms with Crippen molar-refractivity contribution < 1.29 is 26.4 Å². The second kappa shape index (κ2) is 10.3. The van der Waals surface area contributed by atoms with E-state index in [4.69, 9.17) is 5.73 Å². The van der Waals surface area contributed by atoms with Crippen LogP contribution in [-0.2, 0) is 21.0 Å². The average molecular weight is 432 g/mol. The summed E-state index contributed by atoms with van der Waals surface area (Å²) in [6.45, 7) is 3.71. The molecule has 3 N–H and O–H groups in total. The Hall–Kier alpha value is -1.36. The molecule has 0 aliphatic heterocycles. The Bertz CT molecular complexity index is 727. The quantitative estimate of drug-likeness (QED) is 0.660. The van der Waals surface area contributed by atoms with Gasteiger partial charge in [-0.15, -0.1) is 12.4 Å². The molecule has 0 radical (unpaired) electrons. The van der Waals surface area contributed by atoms with Gasteiger partial charge >= 0.3 is 6.18 Å². The highest BCUT2D eigenvalue weighted by atomic mass is 35.5. The van der Waals surface area contributed by atoms with Gasteiger partial charge in [-0.3, -0.25) is 4.79 Å². The van der Waals surface area contributed by atoms with Gasteiger partial charge in [0.25, 0.3) is 0 Å². The van der Waals surface area contributed by atoms with Crippen LogP contribution in [0.4, 0.5) is 13.2 Å². The highest BCUT2D eigenvalue weighted by molar-refractivity contribution is 7.89. The first kappa shape index (κ1) is 25.6. The number of hydrogen-bond acceptors (Lipinski definition) is 4. The maximum absolute atomic E-state index is 12.7. The first-order valence-electron chi connectivity index (χ1n) is 8.01. The summed E-state index contributed by atoms with van der Waals surface area (Å²) in [4.78, 5) is 12.8. The molecule has 1 unspecified atom stereocenters. The molecule has 1 aromatic rings. The maximum atomic E-state index is 12.7. The Balaban J connectivity index is 0.00000676. The van der Waals surface area contributed by atoms with E-state index in [9.17, 15) is 26.4 Å². The summed E-state index contributed by atoms with van der Waals surface area (Å²) in [5.41, 5.74) is 4.81. The van der Waals surface area contributed by atoms with Crippen molar-refractivity contribution in [3.63, 3.8) is 0 Å². The molecule has 1 atom stereocenters. The predicted octanol–water partition coefficient (Wildman–Crippen LogP) is 2.24. The molecular formula is C16H25ClF3N3O3S. The van der Waals surface area contributed by atoms with E-state index in [1.165, 1.54) is 11.9 Å². The number of nitrogens with one attached hydrogen (secondary N) is 1. The second-order valence-corrected chi connectivity index (χ2v) is 8.13. The first-order chi connectivity index (χ1) is 11.8. The number of carbonyl (C=O) groups excluding carboxylic acids is 1. The molecule has 1 rings (SSSR count). The molecule has 27 heavy (non-hydrogen) atoms. The lowest BCUT2D eigenvalue weighted by Gasteiger charge is -2.21. The summed E-state index contributed by atoms with van der Waals surface area (Å²) in [7, 11) is -2.73. The van der Waals surface area contributed by atoms with Gasteiger partial charge in [-0.05, 0) is 30.5 Å². The molecule has 1 aromatic carbocycles. The van der Waals surface area contributed by atoms with E-state index in [0.29, 0.717) is 19.0 Å². The lowest BCUT2D eigenvalue weighted by Crippen LogP contribution is -2.40. The second-order valence-electron chi connectivity index (χ2n) is 6.36. The Morgan fingerprint density at radius 3 is 2.41 bits per heavy atom. The Morgan fingerprint density at radius 1 is 1.30 bits per heavy atom. The largest absolute Gasteiger partial charge is 0.416 e. The molecule has 0 aromatic heterocycles. The monoisotopic (exact) mass is 431 g/mol. The predicted molar refractivity (Wildman–Crippen MR) is 98.9 cm³/mol. The van der Waals surface area contributed by atoms with Crippen molar-refractivity contribution >= 4 is 28.3 Å². The molecule has 0 aliphatic rings. The van der Waals surface area contributed by atoms with Gasteiger partial charge in [-0.25, -0.2) is 13.1 Å². The number of sulfonamides is 1. The van der Waals surface area contributed by atoms with Crippen molar-refractivity contribution in [3.05, 3.63) is 29.8 Å². The number of carbonyl (C=O) groups is 1. The summed E-state index contributed by atoms with van der Waals surface area (Å²) in [5, 5.41) is 0. The van der Waals surface area contributed by atoms with Crippen LogP contribution in [0.5, 0.6) is 0 Å². The van der Waals surface area contributed by atoms with E-state index in [0.717, 1.165) is 18.2 Å². The third-order valence-electron chi connectivity index (χ3n) is 3.96. The van der Waals surface area contributed by atoms with Crippen molar-refractivity contribution in [2.45, 2.75) is 37.4 Å². The van der Waals surface area contributed by atoms with Gasteiger partial charge < -0.3 is 10.6 Å². The number of benzene rings is 1. The Kier molecular flexibility index (Phi) is 9.74. The molecule has 0 saturated heterocycles. The highest BCUT2D eigenvalue weighted by Gasteiger charge is 2.31. The van der Waals surface area contributed by atoms with Crippen LogP contribution in [0.2, 0.25) is 0 Å². The van der Waals surface area contributed by atoms with E-state index in [2.05, 4.69) is 0 Å². The minimum Gasteiger partial charge on any atom is -0.345 e. The van der Waals surface area contributed by atoms with Crippen molar-refractivity contribution in [2.75, 3.05) is 20.1 Å². The fraction of sp³-hybridized carbons (Fsp3) is 0.562. The van der Waals surface area contributed by atoms with Crippen molar-refractivity contribution in [3.8, 4) is 0 Å². The zero-order valence-electron chi connectivity index (χ0n) is 15.3. The van der Waals surface area contributed by atoms with E-state index in [1.54, 1.807) is 0 Å². The van der Waals surface area contributed by atoms with Crippen LogP contribution in [0.25, 0.3) is 0 Å². The molecule has 1 amide bonds. The number of likely N-dealkylation sites (N-methyl/N-ethyl adjacent to an activating group) is 1. The first-order valence-corrected chi connectivity index (χ1v) is 9.49. The standard InChI is InChI=1S/C16H24F3N3O3S.ClH/c1-11(2)14(20)7-8-22(3)15(23)10-21-26(24,25)13-6-4-5-12(9-13)16(17,18)19;/h4-6,9,11,14,21H,7-8,10,20H2,1-3H3;1H. The molecule has 0 bridgehead atoms. The molecular weight excluding hydrogens is 407 g/mol. The molecule has 11 heteroatoms. The van der Waals surface area contributed by atoms with E-state index in [-0.39, 0.29) is 24.4 Å². The van der Waals surface area contributed by atoms with Gasteiger partial charge in [-0.2, -0.15) is 13.2 Å². The lowest BCUT2D eigenvalue weighted by atomic mass is 10.0. The number of nitrogens with two attached hydrogens (primary N) is 1. The number of nitrogens with zero attached hydrogens (tertiary/aromatic N) is 1. The van der Waals surface area contributed by atoms with Crippen molar-refractivity contribution in [1.82, 2.24) is 9.62 Å². The number of amides is 1. The van der Waals surface area contributed by atoms with Crippen LogP contribution in [0, 0.1) is 5.92 Å². The van der Waals surface area contributed by atoms with E-state index >= 15 is 0 Å². The fourth-order valence-electron chi connectivity index (χ4n) is 2.02. The molecule has 0 aliphatic carbocycles. The van der Waals surface area contributed by atoms with Crippen molar-refractivity contribution in [2.24, 2.45) is 11.7 Å². The SMILES string of the molecule is CC(C)C(N)CCN(C)C(=O)CNS(=O)(=O)c1cccc(C(F)(F)F)c1.Cl. The van der Waals surface area contributed by atoms with Crippen molar-refractivity contribution in [1.29, 1.82) is 0 Å². The topological polar surface area (TPSA) is 92.5 Å². The Labute approximate surface area is 163 Å². The van der Waals surface area contributed by atoms with E-state index < -0.39 is 39.1 Å². The van der Waals surface area contributed by atoms with Gasteiger partial charge in [0.2, 0.25) is 15.9 Å². The number of rotatable bonds is 8. The van der Waals surface area contributed by atoms with Crippen LogP contribution in [0.1, 0.15) is 25.8 Å². The summed E-state index contributed by atoms with van der Waals surface area (Å²) in [6, 6.07) is 3.24. The molecule has 0 heterocycles. The summed E-state index contributed by atoms with van der Waals surface area (Å²) >= 11 is 0. The van der Waals surface area contributed by atoms with Crippen LogP contribution in [-0.4, -0.2) is 45.4 Å². The molecule has 0 saturated carbocycles. The van der Waals surface area contributed by atoms with Gasteiger partial charge in [-0.1, -0.05) is 19.9 Å². The smallest absolute Gasteiger partial charge is 0.345 e. The van der Waals surface area contributed by atoms with Crippen LogP contribution in [0.15, 0.2) is 29.2 Å². The fourth-order valence-corrected chi connectivity index (χ4v) is 3.04. The summed E-state index contributed by atoms with van der Waals surface area (Å²) < 4.78 is 64.4. The van der Waals surface area contributed by atoms with Gasteiger partial charge in [0.15, 0.2) is 0 Å². The zero-order valence-corrected chi connectivity index (χ0v) is 16.9. The van der Waals surface area contributed by atoms with Gasteiger partial charge in [0.1, 0.15) is 0 Å². The number of halogens is 4. The molecule has 6 nitrogen and oxygen atoms in total. The van der Waals surface area contributed by atoms with Gasteiger partial charge in [0.05, 0.1) is 17.0 Å². The minimum atomic E-state index is -4.66. The summed E-state index contributed by atoms with van der Waals surface area (Å²) in [5.74, 6) is -0.255. The maximum Gasteiger partial charge on any atom is 0.416 e. The average Bonchev–Trinajstić information content (AvgIpc) is 2.56. The number of alkyl halides is 3. The third kappa shape index (κ3) is 8.04. The molecule has 0 fully saturated rings. The molecule has 156 valence electrons. The Morgan fingerprint density at radius 2 is 1.89 bits per heavy atom.